The molecule has 4 aromatic rings. The van der Waals surface area contributed by atoms with Gasteiger partial charge in [-0.2, -0.15) is 13.2 Å². The van der Waals surface area contributed by atoms with Crippen LogP contribution in [-0.4, -0.2) is 64.3 Å². The molecule has 2 amide bonds. The van der Waals surface area contributed by atoms with Gasteiger partial charge in [-0.05, 0) is 72.5 Å². The van der Waals surface area contributed by atoms with Crippen LogP contribution in [0.3, 0.4) is 0 Å². The maximum Gasteiger partial charge on any atom is 0.416 e. The predicted octanol–water partition coefficient (Wildman–Crippen LogP) is 6.05. The molecular weight excluding hydrogens is 640 g/mol. The molecule has 2 aliphatic heterocycles. The van der Waals surface area contributed by atoms with E-state index < -0.39 is 39.4 Å². The number of carbonyl (C=O) groups is 2. The Morgan fingerprint density at radius 1 is 1.09 bits per heavy atom. The maximum atomic E-state index is 13.7. The van der Waals surface area contributed by atoms with Gasteiger partial charge in [0, 0.05) is 56.5 Å². The van der Waals surface area contributed by atoms with Gasteiger partial charge in [0.05, 0.1) is 28.8 Å². The molecule has 3 heterocycles. The van der Waals surface area contributed by atoms with Crippen LogP contribution in [0.25, 0.3) is 22.3 Å². The Hall–Kier alpha value is -4.72. The lowest BCUT2D eigenvalue weighted by molar-refractivity contribution is -0.137. The van der Waals surface area contributed by atoms with Crippen molar-refractivity contribution in [1.29, 1.82) is 0 Å². The number of nitrogens with one attached hydrogen (secondary N) is 1. The molecule has 3 aromatic carbocycles. The highest BCUT2D eigenvalue weighted by molar-refractivity contribution is 7.92. The molecular formula is C33H30F4N4O5S. The van der Waals surface area contributed by atoms with Crippen LogP contribution in [0.4, 0.5) is 28.9 Å². The summed E-state index contributed by atoms with van der Waals surface area (Å²) in [7, 11) is -0.907. The third kappa shape index (κ3) is 6.09. The van der Waals surface area contributed by atoms with Crippen LogP contribution in [-0.2, 0) is 27.4 Å². The van der Waals surface area contributed by atoms with Crippen molar-refractivity contribution in [1.82, 2.24) is 10.2 Å². The van der Waals surface area contributed by atoms with Crippen molar-refractivity contribution in [3.63, 3.8) is 0 Å². The van der Waals surface area contributed by atoms with Gasteiger partial charge in [0.15, 0.2) is 0 Å². The highest BCUT2D eigenvalue weighted by Gasteiger charge is 2.35. The summed E-state index contributed by atoms with van der Waals surface area (Å²) in [5.74, 6) is -1.55. The van der Waals surface area contributed by atoms with E-state index in [4.69, 9.17) is 4.42 Å². The minimum atomic E-state index is -4.52. The topological polar surface area (TPSA) is 112 Å². The van der Waals surface area contributed by atoms with Gasteiger partial charge in [-0.15, -0.1) is 0 Å². The second-order valence-corrected chi connectivity index (χ2v) is 13.7. The number of sulfonamides is 1. The zero-order chi connectivity index (χ0) is 33.8. The summed E-state index contributed by atoms with van der Waals surface area (Å²) in [4.78, 5) is 32.8. The summed E-state index contributed by atoms with van der Waals surface area (Å²) < 4.78 is 86.3. The lowest BCUT2D eigenvalue weighted by Gasteiger charge is -2.35. The summed E-state index contributed by atoms with van der Waals surface area (Å²) in [6, 6.07) is 11.9. The number of likely N-dealkylation sites (tertiary alicyclic amines) is 1. The van der Waals surface area contributed by atoms with Gasteiger partial charge >= 0.3 is 6.18 Å². The molecule has 1 saturated heterocycles. The number of hydrogen-bond acceptors (Lipinski definition) is 6. The molecule has 0 spiro atoms. The van der Waals surface area contributed by atoms with E-state index in [1.165, 1.54) is 44.4 Å². The second-order valence-electron chi connectivity index (χ2n) is 11.7. The van der Waals surface area contributed by atoms with Crippen molar-refractivity contribution in [2.45, 2.75) is 31.4 Å². The van der Waals surface area contributed by atoms with E-state index in [0.717, 1.165) is 22.7 Å². The molecule has 0 bridgehead atoms. The molecule has 0 aliphatic carbocycles. The van der Waals surface area contributed by atoms with Crippen LogP contribution in [0.15, 0.2) is 64.0 Å². The Balaban J connectivity index is 1.39. The number of nitrogens with zero attached hydrogens (tertiary/aromatic N) is 3. The molecule has 47 heavy (non-hydrogen) atoms. The Bertz CT molecular complexity index is 2060. The summed E-state index contributed by atoms with van der Waals surface area (Å²) in [5.41, 5.74) is 1.67. The highest BCUT2D eigenvalue weighted by Crippen LogP contribution is 2.42. The Morgan fingerprint density at radius 2 is 1.81 bits per heavy atom. The van der Waals surface area contributed by atoms with E-state index in [0.29, 0.717) is 52.8 Å². The van der Waals surface area contributed by atoms with Gasteiger partial charge in [0.25, 0.3) is 11.8 Å². The number of furan rings is 1. The number of benzene rings is 3. The monoisotopic (exact) mass is 670 g/mol. The molecule has 14 heteroatoms. The van der Waals surface area contributed by atoms with E-state index in [-0.39, 0.29) is 41.5 Å². The molecule has 2 aliphatic rings. The summed E-state index contributed by atoms with van der Waals surface area (Å²) >= 11 is 0. The molecule has 1 fully saturated rings. The predicted molar refractivity (Wildman–Crippen MR) is 169 cm³/mol. The first-order chi connectivity index (χ1) is 22.2. The zero-order valence-corrected chi connectivity index (χ0v) is 26.4. The minimum Gasteiger partial charge on any atom is -0.455 e. The number of hydrogen-bond donors (Lipinski definition) is 1. The molecule has 0 saturated carbocycles. The van der Waals surface area contributed by atoms with Crippen LogP contribution in [0.1, 0.15) is 45.8 Å². The first-order valence-corrected chi connectivity index (χ1v) is 16.6. The van der Waals surface area contributed by atoms with E-state index in [1.807, 2.05) is 0 Å². The van der Waals surface area contributed by atoms with E-state index in [2.05, 4.69) is 10.3 Å². The van der Waals surface area contributed by atoms with Gasteiger partial charge in [-0.3, -0.25) is 13.9 Å². The first-order valence-electron chi connectivity index (χ1n) is 14.7. The molecule has 0 unspecified atom stereocenters. The van der Waals surface area contributed by atoms with Gasteiger partial charge in [-0.25, -0.2) is 17.8 Å². The van der Waals surface area contributed by atoms with Gasteiger partial charge in [-0.1, -0.05) is 0 Å². The molecule has 0 radical (unpaired) electrons. The maximum absolute atomic E-state index is 13.7. The number of alkyl halides is 3. The minimum absolute atomic E-state index is 0.0377. The number of fused-ring (bicyclic) bond motifs is 2. The van der Waals surface area contributed by atoms with E-state index in [1.54, 1.807) is 17.0 Å². The molecule has 1 N–H and O–H groups in total. The number of halogens is 4. The fourth-order valence-electron chi connectivity index (χ4n) is 6.18. The standard InChI is InChI=1S/C33H30F4N4O5S/c1-38-31(42)29-24-15-23(27(40(2)47(3,44)45)16-28(24)46-30(29)18-6-9-22(34)10-7-18)19-5-4-12-41(17-19)32(43)26-14-20-13-21(33(35,36)37)8-11-25(20)39-26/h6-11,13,15-16,19H,4-5,12,14,17H2,1-3H3,(H,38,42)/t19-/m0/s1. The van der Waals surface area contributed by atoms with Crippen molar-refractivity contribution in [3.8, 4) is 11.3 Å². The van der Waals surface area contributed by atoms with Gasteiger partial charge < -0.3 is 14.6 Å². The largest absolute Gasteiger partial charge is 0.455 e. The van der Waals surface area contributed by atoms with Crippen LogP contribution < -0.4 is 9.62 Å². The molecule has 1 aromatic heterocycles. The van der Waals surface area contributed by atoms with Crippen LogP contribution in [0.2, 0.25) is 0 Å². The molecule has 9 nitrogen and oxygen atoms in total. The summed E-state index contributed by atoms with van der Waals surface area (Å²) in [6.07, 6.45) is -2.36. The lowest BCUT2D eigenvalue weighted by Crippen LogP contribution is -2.43. The fourth-order valence-corrected chi connectivity index (χ4v) is 6.70. The number of anilines is 1. The number of piperidine rings is 1. The Morgan fingerprint density at radius 3 is 2.47 bits per heavy atom. The van der Waals surface area contributed by atoms with Crippen LogP contribution in [0.5, 0.6) is 0 Å². The first kappa shape index (κ1) is 32.2. The van der Waals surface area contributed by atoms with Crippen LogP contribution in [0, 0.1) is 5.82 Å². The summed E-state index contributed by atoms with van der Waals surface area (Å²) in [6.45, 7) is 0.554. The van der Waals surface area contributed by atoms with Crippen molar-refractivity contribution in [2.75, 3.05) is 37.7 Å². The quantitative estimate of drug-likeness (QED) is 0.251. The van der Waals surface area contributed by atoms with Gasteiger partial charge in [0.1, 0.15) is 22.9 Å². The van der Waals surface area contributed by atoms with E-state index >= 15 is 0 Å². The third-order valence-corrected chi connectivity index (χ3v) is 9.84. The number of carbonyl (C=O) groups excluding carboxylic acids is 2. The van der Waals surface area contributed by atoms with Crippen molar-refractivity contribution < 1.29 is 40.0 Å². The number of amides is 2. The number of rotatable bonds is 6. The SMILES string of the molecule is CNC(=O)c1c(-c2ccc(F)cc2)oc2cc(N(C)S(C)(=O)=O)c([C@H]3CCCN(C(=O)C4=Nc5ccc(C(F)(F)F)cc5C4)C3)cc12. The lowest BCUT2D eigenvalue weighted by atomic mass is 9.87. The van der Waals surface area contributed by atoms with Crippen LogP contribution >= 0.6 is 0 Å². The van der Waals surface area contributed by atoms with Gasteiger partial charge in [0.2, 0.25) is 10.0 Å². The van der Waals surface area contributed by atoms with Crippen molar-refractivity contribution in [2.24, 2.45) is 4.99 Å². The fraction of sp³-hybridized carbons (Fsp3) is 0.303. The summed E-state index contributed by atoms with van der Waals surface area (Å²) in [5, 5.41) is 3.01. The second kappa shape index (κ2) is 11.8. The molecule has 6 rings (SSSR count). The van der Waals surface area contributed by atoms with Crippen molar-refractivity contribution in [3.05, 3.63) is 82.7 Å². The Kier molecular flexibility index (Phi) is 8.10. The van der Waals surface area contributed by atoms with E-state index in [9.17, 15) is 35.6 Å². The molecule has 246 valence electrons. The third-order valence-electron chi connectivity index (χ3n) is 8.65. The smallest absolute Gasteiger partial charge is 0.416 e. The molecule has 1 atom stereocenters. The average molecular weight is 671 g/mol. The average Bonchev–Trinajstić information content (AvgIpc) is 3.64. The normalized spacial score (nSPS) is 16.6. The highest BCUT2D eigenvalue weighted by atomic mass is 32.2. The Labute approximate surface area is 267 Å². The zero-order valence-electron chi connectivity index (χ0n) is 25.6. The van der Waals surface area contributed by atoms with Crippen molar-refractivity contribution >= 4 is 49.9 Å². The number of aliphatic imine (C=N–C) groups is 1.